The molecule has 2 fully saturated rings. The van der Waals surface area contributed by atoms with E-state index in [9.17, 15) is 4.39 Å². The lowest BCUT2D eigenvalue weighted by atomic mass is 9.71. The summed E-state index contributed by atoms with van der Waals surface area (Å²) in [7, 11) is -0.352. The van der Waals surface area contributed by atoms with E-state index < -0.39 is 0 Å². The minimum atomic E-state index is -0.352. The first-order valence-corrected chi connectivity index (χ1v) is 14.0. The molecule has 0 radical (unpaired) electrons. The third kappa shape index (κ3) is 4.59. The molecule has 0 spiro atoms. The van der Waals surface area contributed by atoms with E-state index in [0.717, 1.165) is 17.4 Å². The summed E-state index contributed by atoms with van der Waals surface area (Å²) in [5, 5.41) is 0. The van der Waals surface area contributed by atoms with Crippen molar-refractivity contribution in [1.82, 2.24) is 0 Å². The Morgan fingerprint density at radius 2 is 1.46 bits per heavy atom. The van der Waals surface area contributed by atoms with E-state index in [-0.39, 0.29) is 14.6 Å². The number of hydrogen-bond donors (Lipinski definition) is 0. The standard InChI is InChI=1S/C26H35FSi/c1-2-17-28-18-15-21(16-19-28)20-7-9-22(10-8-20)25-5-3-4-6-26(25)23-11-13-24(27)14-12-23/h3-6,11-14,20-22,28H,2,7-10,15-19H2,1H3. The molecule has 1 heterocycles. The van der Waals surface area contributed by atoms with Crippen LogP contribution in [0.5, 0.6) is 0 Å². The molecule has 1 aliphatic carbocycles. The molecule has 0 unspecified atom stereocenters. The van der Waals surface area contributed by atoms with Gasteiger partial charge in [0.25, 0.3) is 0 Å². The van der Waals surface area contributed by atoms with Gasteiger partial charge in [-0.05, 0) is 72.3 Å². The smallest absolute Gasteiger partial charge is 0.123 e. The third-order valence-corrected chi connectivity index (χ3v) is 11.3. The van der Waals surface area contributed by atoms with Crippen LogP contribution in [-0.2, 0) is 0 Å². The van der Waals surface area contributed by atoms with Crippen molar-refractivity contribution in [2.24, 2.45) is 11.8 Å². The van der Waals surface area contributed by atoms with Crippen molar-refractivity contribution in [2.45, 2.75) is 75.9 Å². The Balaban J connectivity index is 1.39. The summed E-state index contributed by atoms with van der Waals surface area (Å²) in [5.41, 5.74) is 3.93. The van der Waals surface area contributed by atoms with Crippen LogP contribution in [0.3, 0.4) is 0 Å². The van der Waals surface area contributed by atoms with Gasteiger partial charge in [-0.15, -0.1) is 0 Å². The molecule has 150 valence electrons. The van der Waals surface area contributed by atoms with Crippen LogP contribution in [0.25, 0.3) is 11.1 Å². The fourth-order valence-electron chi connectivity index (χ4n) is 6.00. The fourth-order valence-corrected chi connectivity index (χ4v) is 9.49. The van der Waals surface area contributed by atoms with Gasteiger partial charge in [-0.1, -0.05) is 80.7 Å². The topological polar surface area (TPSA) is 0 Å². The monoisotopic (exact) mass is 394 g/mol. The molecule has 2 heteroatoms. The van der Waals surface area contributed by atoms with Gasteiger partial charge >= 0.3 is 0 Å². The molecule has 0 aromatic heterocycles. The van der Waals surface area contributed by atoms with Crippen molar-refractivity contribution in [3.63, 3.8) is 0 Å². The molecule has 0 bridgehead atoms. The maximum Gasteiger partial charge on any atom is 0.123 e. The van der Waals surface area contributed by atoms with Crippen LogP contribution in [0.2, 0.25) is 18.1 Å². The van der Waals surface area contributed by atoms with Gasteiger partial charge in [-0.25, -0.2) is 4.39 Å². The Hall–Kier alpha value is -1.41. The van der Waals surface area contributed by atoms with Crippen molar-refractivity contribution in [3.8, 4) is 11.1 Å². The number of benzene rings is 2. The molecule has 1 saturated heterocycles. The maximum absolute atomic E-state index is 13.3. The highest BCUT2D eigenvalue weighted by Crippen LogP contribution is 2.45. The average Bonchev–Trinajstić information content (AvgIpc) is 2.75. The molecule has 4 rings (SSSR count). The normalized spacial score (nSPS) is 28.2. The van der Waals surface area contributed by atoms with E-state index in [1.807, 2.05) is 12.1 Å². The first-order valence-electron chi connectivity index (χ1n) is 11.6. The van der Waals surface area contributed by atoms with Crippen LogP contribution in [0, 0.1) is 17.7 Å². The van der Waals surface area contributed by atoms with Crippen LogP contribution in [-0.4, -0.2) is 8.80 Å². The van der Waals surface area contributed by atoms with Crippen molar-refractivity contribution in [3.05, 3.63) is 59.9 Å². The summed E-state index contributed by atoms with van der Waals surface area (Å²) in [6, 6.07) is 20.7. The van der Waals surface area contributed by atoms with Gasteiger partial charge < -0.3 is 0 Å². The molecule has 2 aromatic rings. The Morgan fingerprint density at radius 1 is 0.821 bits per heavy atom. The first kappa shape index (κ1) is 19.9. The highest BCUT2D eigenvalue weighted by molar-refractivity contribution is 6.58. The summed E-state index contributed by atoms with van der Waals surface area (Å²) >= 11 is 0. The van der Waals surface area contributed by atoms with Crippen LogP contribution in [0.4, 0.5) is 4.39 Å². The van der Waals surface area contributed by atoms with E-state index in [4.69, 9.17) is 0 Å². The Kier molecular flexibility index (Phi) is 6.67. The van der Waals surface area contributed by atoms with E-state index in [1.54, 1.807) is 43.1 Å². The van der Waals surface area contributed by atoms with Gasteiger partial charge in [-0.2, -0.15) is 0 Å². The van der Waals surface area contributed by atoms with Gasteiger partial charge in [0, 0.05) is 8.80 Å². The number of halogens is 1. The molecule has 0 N–H and O–H groups in total. The predicted octanol–water partition coefficient (Wildman–Crippen LogP) is 7.81. The number of rotatable bonds is 5. The molecule has 0 amide bonds. The Labute approximate surface area is 172 Å². The summed E-state index contributed by atoms with van der Waals surface area (Å²) in [6.45, 7) is 2.37. The molecule has 1 saturated carbocycles. The maximum atomic E-state index is 13.3. The van der Waals surface area contributed by atoms with E-state index in [1.165, 1.54) is 43.2 Å². The minimum Gasteiger partial charge on any atom is -0.207 e. The third-order valence-electron chi connectivity index (χ3n) is 7.58. The molecule has 1 aliphatic heterocycles. The van der Waals surface area contributed by atoms with Crippen molar-refractivity contribution < 1.29 is 4.39 Å². The molecule has 28 heavy (non-hydrogen) atoms. The molecular weight excluding hydrogens is 359 g/mol. The first-order chi connectivity index (χ1) is 13.7. The molecular formula is C26H35FSi. The summed E-state index contributed by atoms with van der Waals surface area (Å²) in [6.07, 6.45) is 9.97. The van der Waals surface area contributed by atoms with E-state index >= 15 is 0 Å². The quantitative estimate of drug-likeness (QED) is 0.454. The van der Waals surface area contributed by atoms with Crippen LogP contribution < -0.4 is 0 Å². The van der Waals surface area contributed by atoms with Crippen LogP contribution in [0.1, 0.15) is 63.4 Å². The van der Waals surface area contributed by atoms with E-state index in [2.05, 4.69) is 31.2 Å². The van der Waals surface area contributed by atoms with Gasteiger partial charge in [-0.3, -0.25) is 0 Å². The lowest BCUT2D eigenvalue weighted by Crippen LogP contribution is -2.28. The average molecular weight is 395 g/mol. The summed E-state index contributed by atoms with van der Waals surface area (Å²) < 4.78 is 13.3. The highest BCUT2D eigenvalue weighted by atomic mass is 28.3. The second-order valence-corrected chi connectivity index (χ2v) is 12.7. The lowest BCUT2D eigenvalue weighted by Gasteiger charge is -2.38. The zero-order chi connectivity index (χ0) is 19.3. The number of hydrogen-bond acceptors (Lipinski definition) is 0. The Bertz CT molecular complexity index is 737. The SMILES string of the molecule is CCC[SiH]1CCC(C2CCC(c3ccccc3-c3ccc(F)cc3)CC2)CC1. The fraction of sp³-hybridized carbons (Fsp3) is 0.538. The summed E-state index contributed by atoms with van der Waals surface area (Å²) in [4.78, 5) is 0. The van der Waals surface area contributed by atoms with Gasteiger partial charge in [0.2, 0.25) is 0 Å². The minimum absolute atomic E-state index is 0.154. The van der Waals surface area contributed by atoms with Gasteiger partial charge in [0.05, 0.1) is 0 Å². The van der Waals surface area contributed by atoms with Crippen LogP contribution >= 0.6 is 0 Å². The zero-order valence-electron chi connectivity index (χ0n) is 17.4. The van der Waals surface area contributed by atoms with Crippen molar-refractivity contribution in [1.29, 1.82) is 0 Å². The van der Waals surface area contributed by atoms with Crippen LogP contribution in [0.15, 0.2) is 48.5 Å². The molecule has 0 atom stereocenters. The van der Waals surface area contributed by atoms with Crippen molar-refractivity contribution in [2.75, 3.05) is 0 Å². The molecule has 0 nitrogen and oxygen atoms in total. The van der Waals surface area contributed by atoms with Gasteiger partial charge in [0.1, 0.15) is 5.82 Å². The second kappa shape index (κ2) is 9.39. The molecule has 2 aromatic carbocycles. The molecule has 2 aliphatic rings. The summed E-state index contributed by atoms with van der Waals surface area (Å²) in [5.74, 6) is 2.52. The van der Waals surface area contributed by atoms with Gasteiger partial charge in [0.15, 0.2) is 0 Å². The lowest BCUT2D eigenvalue weighted by molar-refractivity contribution is 0.216. The van der Waals surface area contributed by atoms with Crippen molar-refractivity contribution >= 4 is 8.80 Å². The highest BCUT2D eigenvalue weighted by Gasteiger charge is 2.31. The Morgan fingerprint density at radius 3 is 2.14 bits per heavy atom. The van der Waals surface area contributed by atoms with E-state index in [0.29, 0.717) is 5.92 Å². The predicted molar refractivity (Wildman–Crippen MR) is 121 cm³/mol. The largest absolute Gasteiger partial charge is 0.207 e. The second-order valence-electron chi connectivity index (χ2n) is 9.28. The zero-order valence-corrected chi connectivity index (χ0v) is 18.5.